The quantitative estimate of drug-likeness (QED) is 0.718. The Balaban J connectivity index is 2.27. The third-order valence-electron chi connectivity index (χ3n) is 6.05. The first kappa shape index (κ1) is 13.5. The van der Waals surface area contributed by atoms with Crippen LogP contribution in [-0.2, 0) is 20.1 Å². The molecule has 0 spiro atoms. The van der Waals surface area contributed by atoms with Crippen LogP contribution >= 0.6 is 0 Å². The first-order valence-corrected chi connectivity index (χ1v) is 8.63. The Morgan fingerprint density at radius 2 is 1.30 bits per heavy atom. The minimum Gasteiger partial charge on any atom is -0.399 e. The average Bonchev–Trinajstić information content (AvgIpc) is 2.67. The SMILES string of the molecule is [2H]c1c([2H])c2c(c([2H])c1B1OC(C)(C)C(C)(C)O1)C(C)(C)CCC2(C)C. The van der Waals surface area contributed by atoms with Gasteiger partial charge in [0, 0.05) is 0 Å². The molecule has 0 saturated carbocycles. The second-order valence-corrected chi connectivity index (χ2v) is 9.39. The van der Waals surface area contributed by atoms with Gasteiger partial charge < -0.3 is 9.31 Å². The van der Waals surface area contributed by atoms with Crippen molar-refractivity contribution < 1.29 is 13.4 Å². The van der Waals surface area contributed by atoms with Gasteiger partial charge in [0.05, 0.1) is 15.3 Å². The lowest BCUT2D eigenvalue weighted by atomic mass is 9.61. The fourth-order valence-electron chi connectivity index (χ4n) is 3.39. The lowest BCUT2D eigenvalue weighted by Crippen LogP contribution is -2.41. The zero-order chi connectivity index (χ0) is 19.9. The molecule has 0 radical (unpaired) electrons. The average molecular weight is 317 g/mol. The summed E-state index contributed by atoms with van der Waals surface area (Å²) in [5.41, 5.74) is 0.653. The Kier molecular flexibility index (Phi) is 2.85. The molecule has 1 aliphatic heterocycles. The minimum absolute atomic E-state index is 0.0676. The van der Waals surface area contributed by atoms with Gasteiger partial charge >= 0.3 is 7.12 Å². The lowest BCUT2D eigenvalue weighted by molar-refractivity contribution is 0.00578. The van der Waals surface area contributed by atoms with E-state index in [2.05, 4.69) is 27.7 Å². The Morgan fingerprint density at radius 3 is 1.83 bits per heavy atom. The van der Waals surface area contributed by atoms with Crippen LogP contribution in [0.5, 0.6) is 0 Å². The molecule has 23 heavy (non-hydrogen) atoms. The van der Waals surface area contributed by atoms with Crippen molar-refractivity contribution in [2.24, 2.45) is 0 Å². The molecule has 0 unspecified atom stereocenters. The van der Waals surface area contributed by atoms with Crippen LogP contribution in [0, 0.1) is 0 Å². The summed E-state index contributed by atoms with van der Waals surface area (Å²) in [6, 6.07) is 0.605. The van der Waals surface area contributed by atoms with Crippen LogP contribution in [0.3, 0.4) is 0 Å². The van der Waals surface area contributed by atoms with E-state index in [1.165, 1.54) is 0 Å². The zero-order valence-corrected chi connectivity index (χ0v) is 15.8. The minimum atomic E-state index is -0.782. The van der Waals surface area contributed by atoms with Crippen molar-refractivity contribution in [3.05, 3.63) is 29.3 Å². The third-order valence-corrected chi connectivity index (χ3v) is 6.05. The van der Waals surface area contributed by atoms with Crippen LogP contribution in [0.1, 0.15) is 83.5 Å². The van der Waals surface area contributed by atoms with E-state index < -0.39 is 18.3 Å². The highest BCUT2D eigenvalue weighted by molar-refractivity contribution is 6.62. The van der Waals surface area contributed by atoms with Crippen molar-refractivity contribution >= 4 is 12.6 Å². The third kappa shape index (κ3) is 2.66. The molecule has 1 fully saturated rings. The monoisotopic (exact) mass is 317 g/mol. The molecule has 0 bridgehead atoms. The second kappa shape index (κ2) is 4.86. The van der Waals surface area contributed by atoms with Crippen LogP contribution in [-0.4, -0.2) is 18.3 Å². The molecule has 1 saturated heterocycles. The van der Waals surface area contributed by atoms with Crippen molar-refractivity contribution in [1.29, 1.82) is 0 Å². The number of rotatable bonds is 1. The van der Waals surface area contributed by atoms with Crippen LogP contribution in [0.25, 0.3) is 0 Å². The molecule has 2 aliphatic rings. The van der Waals surface area contributed by atoms with E-state index in [1.807, 2.05) is 27.7 Å². The van der Waals surface area contributed by atoms with Gasteiger partial charge in [-0.1, -0.05) is 45.8 Å². The first-order valence-electron chi connectivity index (χ1n) is 10.1. The standard InChI is InChI=1S/C20H31BO2/c1-17(2)11-12-18(3,4)16-13-14(9-10-15(16)17)21-22-19(5,6)20(7,8)23-21/h9-10,13H,11-12H2,1-8H3/i9D,10D,13D. The summed E-state index contributed by atoms with van der Waals surface area (Å²) in [5, 5.41) is 0. The summed E-state index contributed by atoms with van der Waals surface area (Å²) in [6.45, 7) is 16.4. The molecule has 1 heterocycles. The molecule has 2 nitrogen and oxygen atoms in total. The number of hydrogen-bond acceptors (Lipinski definition) is 2. The van der Waals surface area contributed by atoms with Gasteiger partial charge in [-0.05, 0) is 68.0 Å². The molecule has 3 heteroatoms. The Bertz CT molecular complexity index is 753. The Morgan fingerprint density at radius 1 is 0.826 bits per heavy atom. The summed E-state index contributed by atoms with van der Waals surface area (Å²) in [7, 11) is -0.782. The lowest BCUT2D eigenvalue weighted by Gasteiger charge is -2.42. The fraction of sp³-hybridized carbons (Fsp3) is 0.700. The van der Waals surface area contributed by atoms with E-state index in [-0.39, 0.29) is 22.9 Å². The summed E-state index contributed by atoms with van der Waals surface area (Å²) >= 11 is 0. The second-order valence-electron chi connectivity index (χ2n) is 9.39. The largest absolute Gasteiger partial charge is 0.494 e. The maximum Gasteiger partial charge on any atom is 0.494 e. The maximum absolute atomic E-state index is 8.95. The van der Waals surface area contributed by atoms with Crippen LogP contribution < -0.4 is 5.46 Å². The van der Waals surface area contributed by atoms with Crippen molar-refractivity contribution in [2.45, 2.75) is 90.3 Å². The van der Waals surface area contributed by atoms with E-state index in [9.17, 15) is 0 Å². The molecule has 126 valence electrons. The van der Waals surface area contributed by atoms with Gasteiger partial charge in [0.1, 0.15) is 0 Å². The van der Waals surface area contributed by atoms with Crippen LogP contribution in [0.15, 0.2) is 18.1 Å². The van der Waals surface area contributed by atoms with Gasteiger partial charge in [0.25, 0.3) is 0 Å². The van der Waals surface area contributed by atoms with Gasteiger partial charge in [0.2, 0.25) is 0 Å². The molecule has 0 amide bonds. The number of hydrogen-bond donors (Lipinski definition) is 0. The first-order chi connectivity index (χ1) is 11.6. The molecule has 0 N–H and O–H groups in total. The number of fused-ring (bicyclic) bond motifs is 1. The summed E-state index contributed by atoms with van der Waals surface area (Å²) < 4.78 is 38.6. The molecule has 1 aliphatic carbocycles. The van der Waals surface area contributed by atoms with E-state index >= 15 is 0 Å². The molecule has 0 aromatic heterocycles. The van der Waals surface area contributed by atoms with Gasteiger partial charge in [0.15, 0.2) is 0 Å². The molecule has 1 aromatic rings. The summed E-state index contributed by atoms with van der Waals surface area (Å²) in [5.74, 6) is 0. The predicted octanol–water partition coefficient (Wildman–Crippen LogP) is 4.33. The predicted molar refractivity (Wildman–Crippen MR) is 97.4 cm³/mol. The highest BCUT2D eigenvalue weighted by Crippen LogP contribution is 2.45. The topological polar surface area (TPSA) is 18.5 Å². The smallest absolute Gasteiger partial charge is 0.399 e. The van der Waals surface area contributed by atoms with Crippen LogP contribution in [0.2, 0.25) is 0 Å². The normalized spacial score (nSPS) is 28.7. The molecule has 3 rings (SSSR count). The van der Waals surface area contributed by atoms with Crippen LogP contribution in [0.4, 0.5) is 0 Å². The zero-order valence-electron chi connectivity index (χ0n) is 18.8. The van der Waals surface area contributed by atoms with E-state index in [1.54, 1.807) is 0 Å². The summed E-state index contributed by atoms with van der Waals surface area (Å²) in [6.07, 6.45) is 1.91. The van der Waals surface area contributed by atoms with E-state index in [4.69, 9.17) is 13.4 Å². The Hall–Kier alpha value is -0.795. The van der Waals surface area contributed by atoms with Crippen molar-refractivity contribution in [3.8, 4) is 0 Å². The molecule has 0 atom stereocenters. The van der Waals surface area contributed by atoms with Gasteiger partial charge in [-0.3, -0.25) is 0 Å². The summed E-state index contributed by atoms with van der Waals surface area (Å²) in [4.78, 5) is 0. The van der Waals surface area contributed by atoms with Gasteiger partial charge in [-0.25, -0.2) is 0 Å². The molecular formula is C20H31BO2. The highest BCUT2D eigenvalue weighted by atomic mass is 16.7. The highest BCUT2D eigenvalue weighted by Gasteiger charge is 2.52. The van der Waals surface area contributed by atoms with Crippen molar-refractivity contribution in [3.63, 3.8) is 0 Å². The molecular weight excluding hydrogens is 283 g/mol. The Labute approximate surface area is 146 Å². The molecule has 1 aromatic carbocycles. The van der Waals surface area contributed by atoms with Crippen molar-refractivity contribution in [1.82, 2.24) is 0 Å². The van der Waals surface area contributed by atoms with Crippen molar-refractivity contribution in [2.75, 3.05) is 0 Å². The fourth-order valence-corrected chi connectivity index (χ4v) is 3.39. The van der Waals surface area contributed by atoms with Gasteiger partial charge in [-0.2, -0.15) is 0 Å². The number of benzene rings is 1. The van der Waals surface area contributed by atoms with Gasteiger partial charge in [-0.15, -0.1) is 0 Å². The van der Waals surface area contributed by atoms with E-state index in [0.29, 0.717) is 11.5 Å². The van der Waals surface area contributed by atoms with E-state index in [0.717, 1.165) is 24.0 Å². The maximum atomic E-state index is 8.95.